The normalized spacial score (nSPS) is 11.6. The zero-order valence-corrected chi connectivity index (χ0v) is 16.4. The van der Waals surface area contributed by atoms with Gasteiger partial charge < -0.3 is 0 Å². The molecule has 0 saturated heterocycles. The summed E-state index contributed by atoms with van der Waals surface area (Å²) in [5.41, 5.74) is 5.66. The summed E-state index contributed by atoms with van der Waals surface area (Å²) >= 11 is 0. The summed E-state index contributed by atoms with van der Waals surface area (Å²) in [4.78, 5) is 12.0. The Morgan fingerprint density at radius 2 is 1.97 bits per heavy atom. The summed E-state index contributed by atoms with van der Waals surface area (Å²) in [5, 5.41) is 22.1. The SMILES string of the molecule is Cc1ccccc1C(C#N)=Cc1c(-c2ccc3c(=O)[nH]nc(C)c3c2)cnn1C. The molecule has 6 heteroatoms. The predicted octanol–water partition coefficient (Wildman–Crippen LogP) is 4.00. The third kappa shape index (κ3) is 3.23. The summed E-state index contributed by atoms with van der Waals surface area (Å²) in [5.74, 6) is 0. The first kappa shape index (κ1) is 18.4. The fourth-order valence-corrected chi connectivity index (χ4v) is 3.49. The molecule has 0 saturated carbocycles. The third-order valence-electron chi connectivity index (χ3n) is 5.11. The molecule has 0 bridgehead atoms. The van der Waals surface area contributed by atoms with Gasteiger partial charge in [0.2, 0.25) is 0 Å². The zero-order valence-electron chi connectivity index (χ0n) is 16.4. The molecule has 0 aliphatic rings. The van der Waals surface area contributed by atoms with Gasteiger partial charge in [-0.1, -0.05) is 30.3 Å². The van der Waals surface area contributed by atoms with Crippen LogP contribution in [0.25, 0.3) is 33.5 Å². The molecule has 0 unspecified atom stereocenters. The number of fused-ring (bicyclic) bond motifs is 1. The van der Waals surface area contributed by atoms with Gasteiger partial charge in [-0.15, -0.1) is 0 Å². The van der Waals surface area contributed by atoms with Crippen molar-refractivity contribution in [3.8, 4) is 17.2 Å². The second-order valence-corrected chi connectivity index (χ2v) is 6.95. The van der Waals surface area contributed by atoms with Crippen molar-refractivity contribution in [2.24, 2.45) is 7.05 Å². The van der Waals surface area contributed by atoms with E-state index in [1.165, 1.54) is 0 Å². The number of allylic oxidation sites excluding steroid dienone is 1. The highest BCUT2D eigenvalue weighted by Crippen LogP contribution is 2.30. The van der Waals surface area contributed by atoms with Crippen molar-refractivity contribution in [2.75, 3.05) is 0 Å². The van der Waals surface area contributed by atoms with E-state index in [2.05, 4.69) is 21.4 Å². The molecule has 29 heavy (non-hydrogen) atoms. The van der Waals surface area contributed by atoms with E-state index in [1.54, 1.807) is 16.9 Å². The smallest absolute Gasteiger partial charge is 0.268 e. The summed E-state index contributed by atoms with van der Waals surface area (Å²) in [7, 11) is 1.85. The average molecular weight is 381 g/mol. The standard InChI is InChI=1S/C23H19N5O/c1-14-6-4-5-7-18(14)17(12-24)11-22-21(13-25-28(22)3)16-8-9-19-20(10-16)15(2)26-27-23(19)29/h4-11,13H,1-3H3,(H,27,29). The maximum atomic E-state index is 12.0. The number of nitrogens with one attached hydrogen (secondary N) is 1. The Morgan fingerprint density at radius 1 is 1.17 bits per heavy atom. The van der Waals surface area contributed by atoms with E-state index in [9.17, 15) is 10.1 Å². The van der Waals surface area contributed by atoms with Gasteiger partial charge in [-0.3, -0.25) is 9.48 Å². The molecule has 0 atom stereocenters. The van der Waals surface area contributed by atoms with E-state index in [0.29, 0.717) is 11.0 Å². The van der Waals surface area contributed by atoms with Gasteiger partial charge >= 0.3 is 0 Å². The molecule has 4 aromatic rings. The first-order chi connectivity index (χ1) is 14.0. The molecule has 0 radical (unpaired) electrons. The first-order valence-electron chi connectivity index (χ1n) is 9.19. The molecular weight excluding hydrogens is 362 g/mol. The Balaban J connectivity index is 1.90. The quantitative estimate of drug-likeness (QED) is 0.543. The number of aromatic nitrogens is 4. The second kappa shape index (κ2) is 7.21. The summed E-state index contributed by atoms with van der Waals surface area (Å²) < 4.78 is 1.75. The van der Waals surface area contributed by atoms with Gasteiger partial charge in [0, 0.05) is 18.0 Å². The molecule has 2 aromatic heterocycles. The minimum Gasteiger partial charge on any atom is -0.268 e. The van der Waals surface area contributed by atoms with Gasteiger partial charge in [-0.2, -0.15) is 15.5 Å². The minimum absolute atomic E-state index is 0.213. The number of nitriles is 1. The Morgan fingerprint density at radius 3 is 2.72 bits per heavy atom. The van der Waals surface area contributed by atoms with Crippen molar-refractivity contribution in [3.63, 3.8) is 0 Å². The molecule has 142 valence electrons. The van der Waals surface area contributed by atoms with Gasteiger partial charge in [0.1, 0.15) is 0 Å². The molecule has 2 heterocycles. The van der Waals surface area contributed by atoms with Crippen LogP contribution in [0.15, 0.2) is 53.5 Å². The van der Waals surface area contributed by atoms with Gasteiger partial charge in [0.05, 0.1) is 34.6 Å². The van der Waals surface area contributed by atoms with Crippen molar-refractivity contribution < 1.29 is 0 Å². The van der Waals surface area contributed by atoms with E-state index < -0.39 is 0 Å². The molecule has 2 aromatic carbocycles. The lowest BCUT2D eigenvalue weighted by Gasteiger charge is -2.07. The molecule has 4 rings (SSSR count). The highest BCUT2D eigenvalue weighted by Gasteiger charge is 2.13. The monoisotopic (exact) mass is 381 g/mol. The number of H-pyrrole nitrogens is 1. The maximum absolute atomic E-state index is 12.0. The van der Waals surface area contributed by atoms with Crippen LogP contribution in [0.4, 0.5) is 0 Å². The molecule has 0 aliphatic carbocycles. The lowest BCUT2D eigenvalue weighted by atomic mass is 9.98. The number of benzene rings is 2. The van der Waals surface area contributed by atoms with Crippen molar-refractivity contribution >= 4 is 22.4 Å². The highest BCUT2D eigenvalue weighted by atomic mass is 16.1. The van der Waals surface area contributed by atoms with Crippen LogP contribution in [0.5, 0.6) is 0 Å². The Labute approximate surface area is 167 Å². The van der Waals surface area contributed by atoms with Crippen LogP contribution in [-0.2, 0) is 7.05 Å². The number of nitrogens with zero attached hydrogens (tertiary/aromatic N) is 4. The molecule has 1 N–H and O–H groups in total. The fourth-order valence-electron chi connectivity index (χ4n) is 3.49. The van der Waals surface area contributed by atoms with Crippen LogP contribution >= 0.6 is 0 Å². The fraction of sp³-hybridized carbons (Fsp3) is 0.130. The highest BCUT2D eigenvalue weighted by molar-refractivity contribution is 5.94. The topological polar surface area (TPSA) is 87.4 Å². The largest absolute Gasteiger partial charge is 0.272 e. The summed E-state index contributed by atoms with van der Waals surface area (Å²) in [6.07, 6.45) is 3.63. The van der Waals surface area contributed by atoms with Crippen LogP contribution in [0.3, 0.4) is 0 Å². The van der Waals surface area contributed by atoms with Crippen molar-refractivity contribution in [1.82, 2.24) is 20.0 Å². The zero-order chi connectivity index (χ0) is 20.5. The van der Waals surface area contributed by atoms with Gasteiger partial charge in [-0.25, -0.2) is 5.10 Å². The minimum atomic E-state index is -0.213. The molecule has 0 fully saturated rings. The Hall–Kier alpha value is -3.98. The van der Waals surface area contributed by atoms with E-state index in [0.717, 1.165) is 39.0 Å². The van der Waals surface area contributed by atoms with Crippen LogP contribution in [0, 0.1) is 25.2 Å². The van der Waals surface area contributed by atoms with Crippen molar-refractivity contribution in [3.05, 3.63) is 81.5 Å². The van der Waals surface area contributed by atoms with Gasteiger partial charge in [0.15, 0.2) is 0 Å². The molecule has 0 amide bonds. The van der Waals surface area contributed by atoms with Crippen molar-refractivity contribution in [2.45, 2.75) is 13.8 Å². The van der Waals surface area contributed by atoms with Crippen LogP contribution < -0.4 is 5.56 Å². The Bertz CT molecular complexity index is 1370. The van der Waals surface area contributed by atoms with Crippen LogP contribution in [0.1, 0.15) is 22.5 Å². The predicted molar refractivity (Wildman–Crippen MR) is 114 cm³/mol. The van der Waals surface area contributed by atoms with Crippen LogP contribution in [-0.4, -0.2) is 20.0 Å². The third-order valence-corrected chi connectivity index (χ3v) is 5.11. The maximum Gasteiger partial charge on any atom is 0.272 e. The van der Waals surface area contributed by atoms with Gasteiger partial charge in [-0.05, 0) is 48.7 Å². The van der Waals surface area contributed by atoms with E-state index in [-0.39, 0.29) is 5.56 Å². The number of aromatic amines is 1. The molecule has 6 nitrogen and oxygen atoms in total. The number of hydrogen-bond acceptors (Lipinski definition) is 4. The average Bonchev–Trinajstić information content (AvgIpc) is 3.09. The lowest BCUT2D eigenvalue weighted by Crippen LogP contribution is -2.09. The summed E-state index contributed by atoms with van der Waals surface area (Å²) in [6, 6.07) is 15.8. The number of rotatable bonds is 3. The van der Waals surface area contributed by atoms with E-state index in [4.69, 9.17) is 0 Å². The van der Waals surface area contributed by atoms with E-state index >= 15 is 0 Å². The number of aryl methyl sites for hydroxylation is 3. The van der Waals surface area contributed by atoms with Gasteiger partial charge in [0.25, 0.3) is 5.56 Å². The Kier molecular flexibility index (Phi) is 4.57. The van der Waals surface area contributed by atoms with E-state index in [1.807, 2.05) is 63.4 Å². The lowest BCUT2D eigenvalue weighted by molar-refractivity contribution is 0.760. The molecule has 0 spiro atoms. The number of hydrogen-bond donors (Lipinski definition) is 1. The molecular formula is C23H19N5O. The van der Waals surface area contributed by atoms with Crippen molar-refractivity contribution in [1.29, 1.82) is 5.26 Å². The first-order valence-corrected chi connectivity index (χ1v) is 9.19. The molecule has 0 aliphatic heterocycles. The second-order valence-electron chi connectivity index (χ2n) is 6.95. The summed E-state index contributed by atoms with van der Waals surface area (Å²) in [6.45, 7) is 3.85. The van der Waals surface area contributed by atoms with Crippen LogP contribution in [0.2, 0.25) is 0 Å².